The molecule has 0 bridgehead atoms. The molecule has 0 heterocycles. The lowest BCUT2D eigenvalue weighted by Gasteiger charge is -2.21. The lowest BCUT2D eigenvalue weighted by molar-refractivity contribution is 0.556. The predicted octanol–water partition coefficient (Wildman–Crippen LogP) is 3.97. The summed E-state index contributed by atoms with van der Waals surface area (Å²) in [6, 6.07) is 11.0. The molecule has 1 N–H and O–H groups in total. The van der Waals surface area contributed by atoms with Crippen LogP contribution in [0.2, 0.25) is 0 Å². The van der Waals surface area contributed by atoms with Crippen LogP contribution in [-0.2, 0) is 0 Å². The number of nitrogens with one attached hydrogen (secondary N) is 1. The van der Waals surface area contributed by atoms with Gasteiger partial charge in [0, 0.05) is 5.56 Å². The maximum absolute atomic E-state index is 13.9. The fourth-order valence-electron chi connectivity index (χ4n) is 2.26. The highest BCUT2D eigenvalue weighted by Crippen LogP contribution is 2.27. The molecule has 2 rings (SSSR count). The molecule has 0 aliphatic heterocycles. The molecule has 0 saturated heterocycles. The zero-order valence-corrected chi connectivity index (χ0v) is 11.1. The van der Waals surface area contributed by atoms with Gasteiger partial charge in [0.25, 0.3) is 0 Å². The molecule has 2 aromatic carbocycles. The molecule has 1 unspecified atom stereocenters. The Kier molecular flexibility index (Phi) is 4.27. The highest BCUT2D eigenvalue weighted by atomic mass is 19.1. The van der Waals surface area contributed by atoms with E-state index in [0.717, 1.165) is 11.1 Å². The minimum atomic E-state index is -0.273. The summed E-state index contributed by atoms with van der Waals surface area (Å²) in [7, 11) is 0. The number of benzene rings is 2. The molecule has 0 spiro atoms. The van der Waals surface area contributed by atoms with Gasteiger partial charge in [0.05, 0.1) is 6.04 Å². The fraction of sp³-hybridized carbons (Fsp3) is 0.250. The smallest absolute Gasteiger partial charge is 0.128 e. The monoisotopic (exact) mass is 261 g/mol. The van der Waals surface area contributed by atoms with Crippen molar-refractivity contribution in [3.8, 4) is 0 Å². The molecule has 3 heteroatoms. The van der Waals surface area contributed by atoms with Crippen LogP contribution in [-0.4, -0.2) is 6.54 Å². The molecular weight excluding hydrogens is 244 g/mol. The van der Waals surface area contributed by atoms with Crippen molar-refractivity contribution < 1.29 is 8.78 Å². The third-order valence-corrected chi connectivity index (χ3v) is 3.17. The molecular formula is C16H17F2N. The molecule has 0 aliphatic carbocycles. The normalized spacial score (nSPS) is 12.4. The van der Waals surface area contributed by atoms with Gasteiger partial charge >= 0.3 is 0 Å². The number of hydrogen-bond acceptors (Lipinski definition) is 1. The second kappa shape index (κ2) is 5.93. The van der Waals surface area contributed by atoms with Crippen molar-refractivity contribution in [1.82, 2.24) is 5.32 Å². The lowest BCUT2D eigenvalue weighted by atomic mass is 9.94. The molecule has 0 aliphatic rings. The average Bonchev–Trinajstić information content (AvgIpc) is 2.38. The molecule has 100 valence electrons. The van der Waals surface area contributed by atoms with Crippen molar-refractivity contribution in [2.45, 2.75) is 19.9 Å². The van der Waals surface area contributed by atoms with Crippen LogP contribution < -0.4 is 5.32 Å². The molecule has 1 nitrogen and oxygen atoms in total. The number of hydrogen-bond donors (Lipinski definition) is 1. The van der Waals surface area contributed by atoms with Gasteiger partial charge in [-0.25, -0.2) is 8.78 Å². The van der Waals surface area contributed by atoms with Gasteiger partial charge < -0.3 is 5.32 Å². The van der Waals surface area contributed by atoms with Crippen LogP contribution in [0.4, 0.5) is 8.78 Å². The molecule has 0 fully saturated rings. The van der Waals surface area contributed by atoms with Crippen LogP contribution in [0.3, 0.4) is 0 Å². The summed E-state index contributed by atoms with van der Waals surface area (Å²) < 4.78 is 27.1. The molecule has 0 aromatic heterocycles. The SMILES string of the molecule is CCNC(c1ccc(F)cc1C)c1ccccc1F. The van der Waals surface area contributed by atoms with Crippen molar-refractivity contribution in [1.29, 1.82) is 0 Å². The summed E-state index contributed by atoms with van der Waals surface area (Å²) in [5.41, 5.74) is 2.29. The Labute approximate surface area is 112 Å². The minimum absolute atomic E-state index is 0.253. The molecule has 0 radical (unpaired) electrons. The van der Waals surface area contributed by atoms with E-state index < -0.39 is 0 Å². The summed E-state index contributed by atoms with van der Waals surface area (Å²) in [4.78, 5) is 0. The van der Waals surface area contributed by atoms with Gasteiger partial charge in [-0.3, -0.25) is 0 Å². The highest BCUT2D eigenvalue weighted by Gasteiger charge is 2.18. The van der Waals surface area contributed by atoms with E-state index in [1.54, 1.807) is 18.2 Å². The summed E-state index contributed by atoms with van der Waals surface area (Å²) in [6.45, 7) is 4.51. The van der Waals surface area contributed by atoms with Crippen molar-refractivity contribution >= 4 is 0 Å². The van der Waals surface area contributed by atoms with Gasteiger partial charge in [0.2, 0.25) is 0 Å². The first-order valence-electron chi connectivity index (χ1n) is 6.37. The standard InChI is InChI=1S/C16H17F2N/c1-3-19-16(14-6-4-5-7-15(14)18)13-9-8-12(17)10-11(13)2/h4-10,16,19H,3H2,1-2H3. The Morgan fingerprint density at radius 2 is 1.79 bits per heavy atom. The van der Waals surface area contributed by atoms with Gasteiger partial charge in [0.1, 0.15) is 11.6 Å². The van der Waals surface area contributed by atoms with E-state index in [2.05, 4.69) is 5.32 Å². The predicted molar refractivity (Wildman–Crippen MR) is 73.1 cm³/mol. The van der Waals surface area contributed by atoms with Gasteiger partial charge in [-0.1, -0.05) is 31.2 Å². The maximum Gasteiger partial charge on any atom is 0.128 e. The average molecular weight is 261 g/mol. The quantitative estimate of drug-likeness (QED) is 0.878. The van der Waals surface area contributed by atoms with E-state index in [4.69, 9.17) is 0 Å². The summed E-state index contributed by atoms with van der Waals surface area (Å²) in [6.07, 6.45) is 0. The van der Waals surface area contributed by atoms with Gasteiger partial charge in [0.15, 0.2) is 0 Å². The molecule has 2 aromatic rings. The Bertz CT molecular complexity index is 566. The van der Waals surface area contributed by atoms with Crippen molar-refractivity contribution in [2.75, 3.05) is 6.54 Å². The van der Waals surface area contributed by atoms with Crippen LogP contribution >= 0.6 is 0 Å². The lowest BCUT2D eigenvalue weighted by Crippen LogP contribution is -2.23. The third kappa shape index (κ3) is 2.99. The van der Waals surface area contributed by atoms with Crippen LogP contribution in [0.1, 0.15) is 29.7 Å². The molecule has 0 amide bonds. The van der Waals surface area contributed by atoms with Crippen LogP contribution in [0.5, 0.6) is 0 Å². The largest absolute Gasteiger partial charge is 0.306 e. The van der Waals surface area contributed by atoms with Crippen LogP contribution in [0.15, 0.2) is 42.5 Å². The van der Waals surface area contributed by atoms with E-state index in [1.807, 2.05) is 19.9 Å². The Balaban J connectivity index is 2.48. The highest BCUT2D eigenvalue weighted by molar-refractivity contribution is 5.37. The van der Waals surface area contributed by atoms with E-state index >= 15 is 0 Å². The zero-order chi connectivity index (χ0) is 13.8. The van der Waals surface area contributed by atoms with Gasteiger partial charge in [-0.05, 0) is 42.8 Å². The Morgan fingerprint density at radius 1 is 1.05 bits per heavy atom. The maximum atomic E-state index is 13.9. The topological polar surface area (TPSA) is 12.0 Å². The number of aryl methyl sites for hydroxylation is 1. The third-order valence-electron chi connectivity index (χ3n) is 3.17. The fourth-order valence-corrected chi connectivity index (χ4v) is 2.26. The summed E-state index contributed by atoms with van der Waals surface area (Å²) >= 11 is 0. The second-order valence-electron chi connectivity index (χ2n) is 4.51. The van der Waals surface area contributed by atoms with E-state index in [9.17, 15) is 8.78 Å². The molecule has 0 saturated carbocycles. The van der Waals surface area contributed by atoms with E-state index in [1.165, 1.54) is 18.2 Å². The number of rotatable bonds is 4. The summed E-state index contributed by atoms with van der Waals surface area (Å²) in [5, 5.41) is 3.25. The summed E-state index contributed by atoms with van der Waals surface area (Å²) in [5.74, 6) is -0.526. The first kappa shape index (κ1) is 13.7. The van der Waals surface area contributed by atoms with Gasteiger partial charge in [-0.2, -0.15) is 0 Å². The molecule has 1 atom stereocenters. The Morgan fingerprint density at radius 3 is 2.42 bits per heavy atom. The van der Waals surface area contributed by atoms with Crippen LogP contribution in [0, 0.1) is 18.6 Å². The molecule has 19 heavy (non-hydrogen) atoms. The van der Waals surface area contributed by atoms with Crippen molar-refractivity contribution in [3.63, 3.8) is 0 Å². The first-order chi connectivity index (χ1) is 9.13. The second-order valence-corrected chi connectivity index (χ2v) is 4.51. The van der Waals surface area contributed by atoms with E-state index in [0.29, 0.717) is 12.1 Å². The van der Waals surface area contributed by atoms with Crippen molar-refractivity contribution in [3.05, 3.63) is 70.8 Å². The van der Waals surface area contributed by atoms with E-state index in [-0.39, 0.29) is 17.7 Å². The van der Waals surface area contributed by atoms with Crippen LogP contribution in [0.25, 0.3) is 0 Å². The minimum Gasteiger partial charge on any atom is -0.306 e. The van der Waals surface area contributed by atoms with Crippen molar-refractivity contribution in [2.24, 2.45) is 0 Å². The first-order valence-corrected chi connectivity index (χ1v) is 6.37. The Hall–Kier alpha value is -1.74. The van der Waals surface area contributed by atoms with Gasteiger partial charge in [-0.15, -0.1) is 0 Å². The zero-order valence-electron chi connectivity index (χ0n) is 11.1. The number of halogens is 2.